The fourth-order valence-electron chi connectivity index (χ4n) is 3.62. The molecule has 3 rings (SSSR count). The Morgan fingerprint density at radius 1 is 1.10 bits per heavy atom. The molecule has 3 unspecified atom stereocenters. The van der Waals surface area contributed by atoms with Gasteiger partial charge in [0.05, 0.1) is 6.61 Å². The molecule has 110 valence electrons. The van der Waals surface area contributed by atoms with E-state index >= 15 is 0 Å². The second-order valence-corrected chi connectivity index (χ2v) is 5.90. The Bertz CT molecular complexity index is 427. The third-order valence-corrected chi connectivity index (χ3v) is 4.71. The molecule has 0 aromatic heterocycles. The molecule has 5 nitrogen and oxygen atoms in total. The van der Waals surface area contributed by atoms with Gasteiger partial charge in [0.15, 0.2) is 0 Å². The fraction of sp³-hybridized carbons (Fsp3) is 0.733. The van der Waals surface area contributed by atoms with Crippen molar-refractivity contribution in [3.63, 3.8) is 0 Å². The van der Waals surface area contributed by atoms with Crippen LogP contribution >= 0.6 is 0 Å². The molecule has 1 saturated heterocycles. The minimum absolute atomic E-state index is 0.180. The number of hydrogen-bond acceptors (Lipinski definition) is 3. The Hall–Kier alpha value is -1.52. The molecule has 1 aliphatic heterocycles. The number of piperazine rings is 1. The molecule has 2 fully saturated rings. The van der Waals surface area contributed by atoms with Crippen LogP contribution in [0.4, 0.5) is 4.79 Å². The van der Waals surface area contributed by atoms with E-state index in [-0.39, 0.29) is 17.9 Å². The van der Waals surface area contributed by atoms with Gasteiger partial charge in [0.2, 0.25) is 5.91 Å². The molecule has 0 aromatic carbocycles. The van der Waals surface area contributed by atoms with E-state index in [4.69, 9.17) is 4.74 Å². The molecule has 5 heteroatoms. The van der Waals surface area contributed by atoms with Crippen molar-refractivity contribution in [2.24, 2.45) is 17.8 Å². The number of ether oxygens (including phenoxy) is 1. The first-order chi connectivity index (χ1) is 9.69. The Morgan fingerprint density at radius 3 is 2.35 bits per heavy atom. The summed E-state index contributed by atoms with van der Waals surface area (Å²) in [7, 11) is 0. The Morgan fingerprint density at radius 2 is 1.80 bits per heavy atom. The zero-order valence-corrected chi connectivity index (χ0v) is 12.0. The number of nitrogens with zero attached hydrogens (tertiary/aromatic N) is 2. The molecule has 0 radical (unpaired) electrons. The monoisotopic (exact) mass is 278 g/mol. The standard InChI is InChI=1S/C15H22N2O3/c1-2-20-15(19)17-7-5-16(6-8-17)14(18)13-10-11-3-4-12(13)9-11/h3-4,11-13H,2,5-10H2,1H3. The van der Waals surface area contributed by atoms with E-state index in [1.54, 1.807) is 11.8 Å². The van der Waals surface area contributed by atoms with Crippen LogP contribution in [0.1, 0.15) is 19.8 Å². The highest BCUT2D eigenvalue weighted by atomic mass is 16.6. The zero-order chi connectivity index (χ0) is 14.1. The van der Waals surface area contributed by atoms with Crippen LogP contribution in [0.15, 0.2) is 12.2 Å². The van der Waals surface area contributed by atoms with Crippen molar-refractivity contribution in [2.45, 2.75) is 19.8 Å². The molecule has 2 bridgehead atoms. The maximum atomic E-state index is 12.5. The lowest BCUT2D eigenvalue weighted by atomic mass is 9.92. The molecule has 0 spiro atoms. The molecule has 1 heterocycles. The number of fused-ring (bicyclic) bond motifs is 2. The van der Waals surface area contributed by atoms with Crippen molar-refractivity contribution >= 4 is 12.0 Å². The van der Waals surface area contributed by atoms with E-state index in [0.29, 0.717) is 44.6 Å². The van der Waals surface area contributed by atoms with Gasteiger partial charge in [-0.1, -0.05) is 12.2 Å². The van der Waals surface area contributed by atoms with Crippen molar-refractivity contribution in [1.29, 1.82) is 0 Å². The minimum atomic E-state index is -0.262. The maximum absolute atomic E-state index is 12.5. The number of carbonyl (C=O) groups is 2. The normalized spacial score (nSPS) is 31.8. The van der Waals surface area contributed by atoms with Crippen molar-refractivity contribution in [1.82, 2.24) is 9.80 Å². The van der Waals surface area contributed by atoms with Gasteiger partial charge in [-0.25, -0.2) is 4.79 Å². The number of allylic oxidation sites excluding steroid dienone is 2. The van der Waals surface area contributed by atoms with Crippen molar-refractivity contribution in [3.8, 4) is 0 Å². The molecule has 2 aliphatic carbocycles. The number of amides is 2. The van der Waals surface area contributed by atoms with Crippen molar-refractivity contribution < 1.29 is 14.3 Å². The summed E-state index contributed by atoms with van der Waals surface area (Å²) in [6, 6.07) is 0. The molecule has 3 aliphatic rings. The second-order valence-electron chi connectivity index (χ2n) is 5.90. The highest BCUT2D eigenvalue weighted by Crippen LogP contribution is 2.44. The molecule has 1 saturated carbocycles. The lowest BCUT2D eigenvalue weighted by Crippen LogP contribution is -2.52. The summed E-state index contributed by atoms with van der Waals surface area (Å²) in [6.45, 7) is 4.64. The van der Waals surface area contributed by atoms with Crippen LogP contribution in [0.3, 0.4) is 0 Å². The average Bonchev–Trinajstić information content (AvgIpc) is 3.09. The van der Waals surface area contributed by atoms with Gasteiger partial charge in [-0.3, -0.25) is 4.79 Å². The van der Waals surface area contributed by atoms with E-state index in [1.165, 1.54) is 0 Å². The predicted molar refractivity (Wildman–Crippen MR) is 74.0 cm³/mol. The number of carbonyl (C=O) groups excluding carboxylic acids is 2. The molecular weight excluding hydrogens is 256 g/mol. The first-order valence-corrected chi connectivity index (χ1v) is 7.58. The van der Waals surface area contributed by atoms with Crippen LogP contribution in [-0.4, -0.2) is 54.6 Å². The van der Waals surface area contributed by atoms with Crippen LogP contribution in [0.5, 0.6) is 0 Å². The quantitative estimate of drug-likeness (QED) is 0.719. The smallest absolute Gasteiger partial charge is 0.409 e. The largest absolute Gasteiger partial charge is 0.450 e. The van der Waals surface area contributed by atoms with Crippen LogP contribution < -0.4 is 0 Å². The van der Waals surface area contributed by atoms with Crippen molar-refractivity contribution in [3.05, 3.63) is 12.2 Å². The second kappa shape index (κ2) is 5.46. The SMILES string of the molecule is CCOC(=O)N1CCN(C(=O)C2CC3C=CC2C3)CC1. The minimum Gasteiger partial charge on any atom is -0.450 e. The third kappa shape index (κ3) is 2.41. The van der Waals surface area contributed by atoms with E-state index in [1.807, 2.05) is 4.90 Å². The molecule has 0 aromatic rings. The fourth-order valence-corrected chi connectivity index (χ4v) is 3.62. The zero-order valence-electron chi connectivity index (χ0n) is 12.0. The molecule has 3 atom stereocenters. The van der Waals surface area contributed by atoms with Crippen molar-refractivity contribution in [2.75, 3.05) is 32.8 Å². The predicted octanol–water partition coefficient (Wildman–Crippen LogP) is 1.50. The highest BCUT2D eigenvalue weighted by molar-refractivity contribution is 5.80. The van der Waals surface area contributed by atoms with Gasteiger partial charge in [-0.15, -0.1) is 0 Å². The third-order valence-electron chi connectivity index (χ3n) is 4.71. The van der Waals surface area contributed by atoms with Gasteiger partial charge in [0, 0.05) is 32.1 Å². The molecule has 2 amide bonds. The van der Waals surface area contributed by atoms with Crippen LogP contribution in [0.25, 0.3) is 0 Å². The van der Waals surface area contributed by atoms with E-state index < -0.39 is 0 Å². The van der Waals surface area contributed by atoms with Gasteiger partial charge in [0.1, 0.15) is 0 Å². The maximum Gasteiger partial charge on any atom is 0.409 e. The van der Waals surface area contributed by atoms with Crippen LogP contribution in [0, 0.1) is 17.8 Å². The summed E-state index contributed by atoms with van der Waals surface area (Å²) < 4.78 is 4.99. The van der Waals surface area contributed by atoms with E-state index in [0.717, 1.165) is 12.8 Å². The summed E-state index contributed by atoms with van der Waals surface area (Å²) in [6.07, 6.45) is 6.37. The topological polar surface area (TPSA) is 49.9 Å². The number of hydrogen-bond donors (Lipinski definition) is 0. The summed E-state index contributed by atoms with van der Waals surface area (Å²) in [5, 5.41) is 0. The Kier molecular flexibility index (Phi) is 3.68. The van der Waals surface area contributed by atoms with Crippen LogP contribution in [-0.2, 0) is 9.53 Å². The summed E-state index contributed by atoms with van der Waals surface area (Å²) >= 11 is 0. The summed E-state index contributed by atoms with van der Waals surface area (Å²) in [5.41, 5.74) is 0. The highest BCUT2D eigenvalue weighted by Gasteiger charge is 2.42. The van der Waals surface area contributed by atoms with E-state index in [9.17, 15) is 9.59 Å². The van der Waals surface area contributed by atoms with Gasteiger partial charge < -0.3 is 14.5 Å². The number of rotatable bonds is 2. The first kappa shape index (κ1) is 13.5. The molecule has 20 heavy (non-hydrogen) atoms. The van der Waals surface area contributed by atoms with Gasteiger partial charge in [0.25, 0.3) is 0 Å². The van der Waals surface area contributed by atoms with Gasteiger partial charge in [-0.05, 0) is 31.6 Å². The molecule has 0 N–H and O–H groups in total. The average molecular weight is 278 g/mol. The van der Waals surface area contributed by atoms with Gasteiger partial charge in [-0.2, -0.15) is 0 Å². The van der Waals surface area contributed by atoms with E-state index in [2.05, 4.69) is 12.2 Å². The van der Waals surface area contributed by atoms with Gasteiger partial charge >= 0.3 is 6.09 Å². The molecular formula is C15H22N2O3. The lowest BCUT2D eigenvalue weighted by molar-refractivity contribution is -0.138. The summed E-state index contributed by atoms with van der Waals surface area (Å²) in [4.78, 5) is 27.8. The Labute approximate surface area is 119 Å². The lowest BCUT2D eigenvalue weighted by Gasteiger charge is -2.36. The Balaban J connectivity index is 1.52. The first-order valence-electron chi connectivity index (χ1n) is 7.58. The summed E-state index contributed by atoms with van der Waals surface area (Å²) in [5.74, 6) is 1.54. The van der Waals surface area contributed by atoms with Crippen LogP contribution in [0.2, 0.25) is 0 Å².